The molecule has 0 amide bonds. The molecule has 4 N–H and O–H groups in total. The first kappa shape index (κ1) is 25.8. The highest BCUT2D eigenvalue weighted by molar-refractivity contribution is 7.92. The topological polar surface area (TPSA) is 134 Å². The summed E-state index contributed by atoms with van der Waals surface area (Å²) in [5.74, 6) is 0.285. The lowest BCUT2D eigenvalue weighted by atomic mass is 9.81. The zero-order valence-corrected chi connectivity index (χ0v) is 20.2. The normalized spacial score (nSPS) is 19.3. The number of methoxy groups -OCH3 is 1. The molecule has 1 aliphatic rings. The van der Waals surface area contributed by atoms with Crippen molar-refractivity contribution in [3.05, 3.63) is 53.6 Å². The van der Waals surface area contributed by atoms with E-state index in [1.807, 2.05) is 12.1 Å². The Kier molecular flexibility index (Phi) is 8.76. The second-order valence-corrected chi connectivity index (χ2v) is 10.3. The van der Waals surface area contributed by atoms with Crippen molar-refractivity contribution in [1.29, 1.82) is 0 Å². The molecule has 10 heteroatoms. The third-order valence-corrected chi connectivity index (χ3v) is 6.50. The lowest BCUT2D eigenvalue weighted by Crippen LogP contribution is -2.39. The van der Waals surface area contributed by atoms with Gasteiger partial charge in [-0.2, -0.15) is 0 Å². The van der Waals surface area contributed by atoms with Crippen molar-refractivity contribution in [3.63, 3.8) is 0 Å². The smallest absolute Gasteiger partial charge is 0.335 e. The van der Waals surface area contributed by atoms with E-state index in [-0.39, 0.29) is 12.3 Å². The molecule has 1 saturated carbocycles. The Morgan fingerprint density at radius 2 is 1.79 bits per heavy atom. The Bertz CT molecular complexity index is 1070. The predicted molar refractivity (Wildman–Crippen MR) is 129 cm³/mol. The van der Waals surface area contributed by atoms with Crippen molar-refractivity contribution in [2.24, 2.45) is 0 Å². The number of anilines is 1. The number of sulfonamides is 1. The van der Waals surface area contributed by atoms with Gasteiger partial charge in [0.2, 0.25) is 10.0 Å². The Morgan fingerprint density at radius 1 is 1.12 bits per heavy atom. The fourth-order valence-electron chi connectivity index (χ4n) is 4.14. The summed E-state index contributed by atoms with van der Waals surface area (Å²) in [4.78, 5) is 11.0. The van der Waals surface area contributed by atoms with Crippen LogP contribution >= 0.6 is 0 Å². The maximum Gasteiger partial charge on any atom is 0.335 e. The molecule has 0 bridgehead atoms. The van der Waals surface area contributed by atoms with Crippen LogP contribution in [0.25, 0.3) is 0 Å². The summed E-state index contributed by atoms with van der Waals surface area (Å²) in [6.45, 7) is 0.441. The molecule has 9 nitrogen and oxygen atoms in total. The first-order valence-corrected chi connectivity index (χ1v) is 13.1. The number of aliphatic hydroxyl groups excluding tert-OH is 1. The fraction of sp³-hybridized carbons (Fsp3) is 0.458. The van der Waals surface area contributed by atoms with Gasteiger partial charge < -0.3 is 25.0 Å². The lowest BCUT2D eigenvalue weighted by molar-refractivity contribution is 0.0696. The van der Waals surface area contributed by atoms with Crippen LogP contribution in [0, 0.1) is 0 Å². The van der Waals surface area contributed by atoms with Crippen molar-refractivity contribution in [2.45, 2.75) is 43.7 Å². The Labute approximate surface area is 200 Å². The van der Waals surface area contributed by atoms with E-state index >= 15 is 0 Å². The number of nitrogens with one attached hydrogen (secondary N) is 2. The summed E-state index contributed by atoms with van der Waals surface area (Å²) in [6.07, 6.45) is 4.26. The first-order valence-electron chi connectivity index (χ1n) is 11.2. The quantitative estimate of drug-likeness (QED) is 0.376. The van der Waals surface area contributed by atoms with Gasteiger partial charge >= 0.3 is 5.97 Å². The van der Waals surface area contributed by atoms with E-state index in [1.165, 1.54) is 18.7 Å². The molecule has 34 heavy (non-hydrogen) atoms. The molecule has 0 aliphatic heterocycles. The zero-order valence-electron chi connectivity index (χ0n) is 19.4. The Balaban J connectivity index is 1.42. The fourth-order valence-corrected chi connectivity index (χ4v) is 4.70. The van der Waals surface area contributed by atoms with Gasteiger partial charge in [0.15, 0.2) is 0 Å². The number of ether oxygens (including phenoxy) is 2. The molecular formula is C24H32N2O7S. The van der Waals surface area contributed by atoms with Crippen LogP contribution in [0.2, 0.25) is 0 Å². The number of carboxylic acid groups (broad SMARTS) is 1. The van der Waals surface area contributed by atoms with Gasteiger partial charge in [0.05, 0.1) is 24.6 Å². The monoisotopic (exact) mass is 492 g/mol. The number of carbonyl (C=O) groups is 1. The standard InChI is InChI=1S/C24H32N2O7S/c1-32-23-12-11-21(13-22(23)26-34(2,30)31)33-15-20(27)14-25-19-9-7-17(8-10-19)16-3-5-18(6-4-16)24(28)29/h3-6,11-13,17,19-20,25-27H,7-10,14-15H2,1-2H3,(H,28,29)/t17?,19?,20-/m0/s1. The molecule has 2 aromatic carbocycles. The molecule has 1 fully saturated rings. The first-order chi connectivity index (χ1) is 16.1. The molecule has 0 radical (unpaired) electrons. The summed E-state index contributed by atoms with van der Waals surface area (Å²) in [7, 11) is -2.03. The maximum absolute atomic E-state index is 11.5. The third-order valence-electron chi connectivity index (χ3n) is 5.91. The number of hydrogen-bond donors (Lipinski definition) is 4. The van der Waals surface area contributed by atoms with Gasteiger partial charge in [-0.3, -0.25) is 4.72 Å². The van der Waals surface area contributed by atoms with Crippen LogP contribution in [0.5, 0.6) is 11.5 Å². The molecule has 0 saturated heterocycles. The number of hydrogen-bond acceptors (Lipinski definition) is 7. The molecule has 1 atom stereocenters. The van der Waals surface area contributed by atoms with E-state index < -0.39 is 22.1 Å². The average Bonchev–Trinajstić information content (AvgIpc) is 2.81. The van der Waals surface area contributed by atoms with Crippen LogP contribution in [0.3, 0.4) is 0 Å². The molecule has 2 aromatic rings. The Morgan fingerprint density at radius 3 is 2.38 bits per heavy atom. The van der Waals surface area contributed by atoms with E-state index in [1.54, 1.807) is 24.3 Å². The highest BCUT2D eigenvalue weighted by Crippen LogP contribution is 2.33. The summed E-state index contributed by atoms with van der Waals surface area (Å²) < 4.78 is 36.3. The molecule has 1 aliphatic carbocycles. The molecule has 0 unspecified atom stereocenters. The van der Waals surface area contributed by atoms with Gasteiger partial charge in [0.25, 0.3) is 0 Å². The summed E-state index contributed by atoms with van der Waals surface area (Å²) in [5.41, 5.74) is 1.73. The number of benzene rings is 2. The van der Waals surface area contributed by atoms with E-state index in [0.717, 1.165) is 31.9 Å². The average molecular weight is 493 g/mol. The maximum atomic E-state index is 11.5. The van der Waals surface area contributed by atoms with Crippen molar-refractivity contribution in [2.75, 3.05) is 31.2 Å². The van der Waals surface area contributed by atoms with Gasteiger partial charge in [-0.1, -0.05) is 12.1 Å². The lowest BCUT2D eigenvalue weighted by Gasteiger charge is -2.30. The molecule has 0 aromatic heterocycles. The van der Waals surface area contributed by atoms with Crippen LogP contribution < -0.4 is 19.5 Å². The number of carboxylic acids is 1. The number of aromatic carboxylic acids is 1. The predicted octanol–water partition coefficient (Wildman–Crippen LogP) is 2.82. The zero-order chi connectivity index (χ0) is 24.7. The second kappa shape index (κ2) is 11.5. The Hall–Kier alpha value is -2.82. The van der Waals surface area contributed by atoms with Gasteiger partial charge in [-0.15, -0.1) is 0 Å². The van der Waals surface area contributed by atoms with E-state index in [4.69, 9.17) is 14.6 Å². The van der Waals surface area contributed by atoms with Crippen LogP contribution in [0.1, 0.15) is 47.5 Å². The van der Waals surface area contributed by atoms with E-state index in [0.29, 0.717) is 35.6 Å². The molecular weight excluding hydrogens is 460 g/mol. The van der Waals surface area contributed by atoms with E-state index in [9.17, 15) is 18.3 Å². The van der Waals surface area contributed by atoms with Gasteiger partial charge in [0.1, 0.15) is 24.2 Å². The van der Waals surface area contributed by atoms with Crippen molar-refractivity contribution < 1.29 is 32.9 Å². The van der Waals surface area contributed by atoms with Gasteiger partial charge in [0, 0.05) is 18.7 Å². The van der Waals surface area contributed by atoms with Gasteiger partial charge in [-0.05, 0) is 61.4 Å². The minimum absolute atomic E-state index is 0.0584. The SMILES string of the molecule is COc1ccc(OC[C@@H](O)CNC2CCC(c3ccc(C(=O)O)cc3)CC2)cc1NS(C)(=O)=O. The summed E-state index contributed by atoms with van der Waals surface area (Å²) >= 11 is 0. The number of rotatable bonds is 11. The van der Waals surface area contributed by atoms with E-state index in [2.05, 4.69) is 10.0 Å². The highest BCUT2D eigenvalue weighted by atomic mass is 32.2. The largest absolute Gasteiger partial charge is 0.495 e. The minimum Gasteiger partial charge on any atom is -0.495 e. The van der Waals surface area contributed by atoms with Crippen LogP contribution in [-0.2, 0) is 10.0 Å². The number of aliphatic hydroxyl groups is 1. The molecule has 3 rings (SSSR count). The molecule has 0 spiro atoms. The van der Waals surface area contributed by atoms with Crippen LogP contribution in [-0.4, -0.2) is 63.3 Å². The van der Waals surface area contributed by atoms with Crippen LogP contribution in [0.15, 0.2) is 42.5 Å². The summed E-state index contributed by atoms with van der Waals surface area (Å²) in [5, 5.41) is 22.8. The summed E-state index contributed by atoms with van der Waals surface area (Å²) in [6, 6.07) is 12.2. The molecule has 186 valence electrons. The van der Waals surface area contributed by atoms with Crippen molar-refractivity contribution in [3.8, 4) is 11.5 Å². The minimum atomic E-state index is -3.47. The van der Waals surface area contributed by atoms with Crippen molar-refractivity contribution >= 4 is 21.7 Å². The second-order valence-electron chi connectivity index (χ2n) is 8.59. The van der Waals surface area contributed by atoms with Crippen LogP contribution in [0.4, 0.5) is 5.69 Å². The van der Waals surface area contributed by atoms with Crippen molar-refractivity contribution in [1.82, 2.24) is 5.32 Å². The third kappa shape index (κ3) is 7.61. The highest BCUT2D eigenvalue weighted by Gasteiger charge is 2.23. The van der Waals surface area contributed by atoms with Gasteiger partial charge in [-0.25, -0.2) is 13.2 Å². The molecule has 0 heterocycles.